The first-order valence-corrected chi connectivity index (χ1v) is 21.7. The van der Waals surface area contributed by atoms with Gasteiger partial charge in [0.15, 0.2) is 0 Å². The molecule has 4 aliphatic carbocycles. The number of unbranched alkanes of at least 4 members (excludes halogenated alkanes) is 1. The average Bonchev–Trinajstić information content (AvgIpc) is 3.20. The van der Waals surface area contributed by atoms with Gasteiger partial charge in [-0.2, -0.15) is 0 Å². The van der Waals surface area contributed by atoms with Gasteiger partial charge in [-0.3, -0.25) is 15.3 Å². The molecule has 9 nitrogen and oxygen atoms in total. The summed E-state index contributed by atoms with van der Waals surface area (Å²) < 4.78 is 5.69. The highest BCUT2D eigenvalue weighted by Crippen LogP contribution is 2.50. The van der Waals surface area contributed by atoms with Crippen molar-refractivity contribution in [2.75, 3.05) is 20.2 Å². The van der Waals surface area contributed by atoms with Gasteiger partial charge in [0, 0.05) is 50.5 Å². The molecule has 2 aliphatic heterocycles. The van der Waals surface area contributed by atoms with Crippen LogP contribution in [0, 0.1) is 58.7 Å². The molecule has 6 aliphatic rings. The van der Waals surface area contributed by atoms with E-state index < -0.39 is 24.2 Å². The summed E-state index contributed by atoms with van der Waals surface area (Å²) in [6, 6.07) is 0.486. The van der Waals surface area contributed by atoms with Crippen molar-refractivity contribution in [2.24, 2.45) is 52.6 Å². The molecule has 52 heavy (non-hydrogen) atoms. The van der Waals surface area contributed by atoms with Crippen LogP contribution in [0.15, 0.2) is 0 Å². The normalized spacial score (nSPS) is 39.4. The number of methoxy groups -OCH3 is 1. The standard InChI is InChI=1S/C43H71N3O6/c1-52-41-22-30-12-16-39(50)35(38(49)8-4-3-7-28-21-31-10-13-33(47)24-37(31)46-27-28)15-11-29(36(30)25-40(41)51)9-14-34(48)26-43(18-5-2-6-19-43)32-17-20-45-42(44)23-32/h28-32,34-38,40-42,45-46,48-49,51H,2-10,12-14,16-27,44H2,1H3/p+2/t28-,29-,30?,31+,32?,34+,35-,36?,37-,38-,40?,41?,42?/m1/s1. The lowest BCUT2D eigenvalue weighted by Crippen LogP contribution is -2.95. The zero-order valence-corrected chi connectivity index (χ0v) is 32.3. The smallest absolute Gasteiger partial charge is 0.150 e. The second-order valence-corrected chi connectivity index (χ2v) is 18.5. The van der Waals surface area contributed by atoms with Gasteiger partial charge in [-0.05, 0) is 100 Å². The molecule has 0 bridgehead atoms. The molecule has 2 heterocycles. The third kappa shape index (κ3) is 10.3. The predicted octanol–water partition coefficient (Wildman–Crippen LogP) is 2.97. The first kappa shape index (κ1) is 40.3. The highest BCUT2D eigenvalue weighted by molar-refractivity contribution is 5.84. The Labute approximate surface area is 313 Å². The number of fused-ring (bicyclic) bond motifs is 2. The van der Waals surface area contributed by atoms with Crippen molar-refractivity contribution in [1.29, 1.82) is 0 Å². The van der Waals surface area contributed by atoms with E-state index in [0.29, 0.717) is 61.7 Å². The monoisotopic (exact) mass is 728 g/mol. The molecule has 294 valence electrons. The lowest BCUT2D eigenvalue weighted by atomic mass is 9.60. The molecule has 13 atom stereocenters. The van der Waals surface area contributed by atoms with Gasteiger partial charge in [0.1, 0.15) is 23.7 Å². The fourth-order valence-electron chi connectivity index (χ4n) is 12.1. The van der Waals surface area contributed by atoms with E-state index in [0.717, 1.165) is 77.3 Å². The molecular formula is C43H73N3O6+2. The number of hydrogen-bond donors (Lipinski definition) is 6. The van der Waals surface area contributed by atoms with Gasteiger partial charge in [-0.15, -0.1) is 0 Å². The van der Waals surface area contributed by atoms with E-state index in [1.807, 2.05) is 0 Å². The van der Waals surface area contributed by atoms with Gasteiger partial charge >= 0.3 is 0 Å². The van der Waals surface area contributed by atoms with E-state index in [1.165, 1.54) is 44.9 Å². The Hall–Kier alpha value is -1.38. The van der Waals surface area contributed by atoms with Crippen LogP contribution in [0.4, 0.5) is 0 Å². The maximum Gasteiger partial charge on any atom is 0.150 e. The Balaban J connectivity index is 1.08. The first-order chi connectivity index (χ1) is 25.1. The number of aliphatic hydroxyl groups is 3. The van der Waals surface area contributed by atoms with Crippen LogP contribution in [0.5, 0.6) is 0 Å². The largest absolute Gasteiger partial charge is 0.393 e. The molecule has 0 aromatic carbocycles. The molecule has 0 aromatic heterocycles. The molecule has 3 saturated carbocycles. The SMILES string of the molecule is COC1CC2CCC(=O)[C@@H]([C@H](O)CCCC[C@H]3C[NH2+][C@@H]4CC(=O)CC[C@H]4C3)C#C[C@@H](CC[C@H](O)CC3(C4CC[NH2+]C(N)C4)CCCCC3)C2CC1O. The highest BCUT2D eigenvalue weighted by atomic mass is 16.5. The zero-order valence-electron chi connectivity index (χ0n) is 32.3. The Kier molecular flexibility index (Phi) is 14.7. The summed E-state index contributed by atoms with van der Waals surface area (Å²) in [7, 11) is 1.66. The maximum absolute atomic E-state index is 13.7. The summed E-state index contributed by atoms with van der Waals surface area (Å²) in [4.78, 5) is 25.6. The molecule has 5 fully saturated rings. The van der Waals surface area contributed by atoms with Crippen LogP contribution in [0.25, 0.3) is 0 Å². The fourth-order valence-corrected chi connectivity index (χ4v) is 12.1. The second-order valence-electron chi connectivity index (χ2n) is 18.5. The molecular weight excluding hydrogens is 654 g/mol. The number of piperidine rings is 2. The molecule has 0 radical (unpaired) electrons. The van der Waals surface area contributed by atoms with Crippen molar-refractivity contribution < 1.29 is 40.3 Å². The molecule has 0 aromatic rings. The molecule has 2 saturated heterocycles. The third-order valence-corrected chi connectivity index (χ3v) is 15.2. The van der Waals surface area contributed by atoms with Gasteiger partial charge in [0.2, 0.25) is 0 Å². The van der Waals surface area contributed by atoms with E-state index in [4.69, 9.17) is 10.5 Å². The Morgan fingerprint density at radius 2 is 1.73 bits per heavy atom. The number of carbonyl (C=O) groups is 2. The maximum atomic E-state index is 13.7. The topological polar surface area (TPSA) is 163 Å². The minimum absolute atomic E-state index is 0.0430. The van der Waals surface area contributed by atoms with Crippen LogP contribution in [-0.2, 0) is 14.3 Å². The molecule has 6 unspecified atom stereocenters. The lowest BCUT2D eigenvalue weighted by molar-refractivity contribution is -0.711. The Morgan fingerprint density at radius 1 is 0.923 bits per heavy atom. The third-order valence-electron chi connectivity index (χ3n) is 15.2. The number of hydrogen-bond acceptors (Lipinski definition) is 7. The average molecular weight is 728 g/mol. The van der Waals surface area contributed by atoms with E-state index >= 15 is 0 Å². The van der Waals surface area contributed by atoms with E-state index in [9.17, 15) is 24.9 Å². The number of ether oxygens (including phenoxy) is 1. The molecule has 9 N–H and O–H groups in total. The van der Waals surface area contributed by atoms with Crippen molar-refractivity contribution in [3.8, 4) is 11.8 Å². The molecule has 9 heteroatoms. The molecule has 0 spiro atoms. The number of aliphatic hydroxyl groups excluding tert-OH is 3. The zero-order chi connectivity index (χ0) is 36.7. The van der Waals surface area contributed by atoms with Gasteiger partial charge in [-0.1, -0.05) is 43.9 Å². The Morgan fingerprint density at radius 3 is 2.52 bits per heavy atom. The van der Waals surface area contributed by atoms with Crippen molar-refractivity contribution in [2.45, 2.75) is 178 Å². The van der Waals surface area contributed by atoms with Crippen molar-refractivity contribution in [3.63, 3.8) is 0 Å². The molecule has 0 amide bonds. The minimum Gasteiger partial charge on any atom is -0.393 e. The van der Waals surface area contributed by atoms with Crippen LogP contribution < -0.4 is 16.4 Å². The lowest BCUT2D eigenvalue weighted by Gasteiger charge is -2.47. The molecule has 6 rings (SSSR count). The summed E-state index contributed by atoms with van der Waals surface area (Å²) in [6.07, 6.45) is 18.5. The number of carbonyl (C=O) groups excluding carboxylic acids is 2. The summed E-state index contributed by atoms with van der Waals surface area (Å²) in [5.41, 5.74) is 6.59. The van der Waals surface area contributed by atoms with Crippen LogP contribution in [0.1, 0.15) is 141 Å². The van der Waals surface area contributed by atoms with Gasteiger partial charge in [-0.25, -0.2) is 0 Å². The van der Waals surface area contributed by atoms with Crippen LogP contribution in [-0.4, -0.2) is 83.7 Å². The highest BCUT2D eigenvalue weighted by Gasteiger charge is 2.45. The van der Waals surface area contributed by atoms with Crippen molar-refractivity contribution in [3.05, 3.63) is 0 Å². The fraction of sp³-hybridized carbons (Fsp3) is 0.907. The number of Topliss-reactive ketones (excluding diaryl/α,β-unsaturated/α-hetero) is 2. The first-order valence-electron chi connectivity index (χ1n) is 21.7. The number of nitrogens with two attached hydrogens (primary N) is 3. The quantitative estimate of drug-likeness (QED) is 0.126. The number of rotatable bonds is 13. The van der Waals surface area contributed by atoms with Crippen molar-refractivity contribution in [1.82, 2.24) is 0 Å². The predicted molar refractivity (Wildman–Crippen MR) is 200 cm³/mol. The van der Waals surface area contributed by atoms with Crippen LogP contribution in [0.2, 0.25) is 0 Å². The summed E-state index contributed by atoms with van der Waals surface area (Å²) in [5.74, 6) is 8.86. The summed E-state index contributed by atoms with van der Waals surface area (Å²) >= 11 is 0. The van der Waals surface area contributed by atoms with E-state index in [2.05, 4.69) is 22.5 Å². The van der Waals surface area contributed by atoms with Gasteiger partial charge in [0.05, 0.1) is 50.0 Å². The van der Waals surface area contributed by atoms with Crippen LogP contribution in [0.3, 0.4) is 0 Å². The van der Waals surface area contributed by atoms with E-state index in [1.54, 1.807) is 7.11 Å². The number of quaternary nitrogens is 2. The van der Waals surface area contributed by atoms with E-state index in [-0.39, 0.29) is 41.2 Å². The van der Waals surface area contributed by atoms with Crippen LogP contribution >= 0.6 is 0 Å². The minimum atomic E-state index is -0.777. The summed E-state index contributed by atoms with van der Waals surface area (Å²) in [6.45, 7) is 2.17. The van der Waals surface area contributed by atoms with Crippen molar-refractivity contribution >= 4 is 11.6 Å². The number of ketones is 2. The Bertz CT molecular complexity index is 1230. The summed E-state index contributed by atoms with van der Waals surface area (Å²) in [5, 5.41) is 38.9. The van der Waals surface area contributed by atoms with Gasteiger partial charge < -0.3 is 30.7 Å². The second kappa shape index (κ2) is 19.0. The van der Waals surface area contributed by atoms with Gasteiger partial charge in [0.25, 0.3) is 0 Å².